The van der Waals surface area contributed by atoms with Crippen LogP contribution in [-0.2, 0) is 0 Å². The molecule has 0 saturated carbocycles. The molecule has 0 aromatic heterocycles. The SMILES string of the molecule is C#C/C=C/C(O)CCC/C=C\C#CC#CCCCC#CC#CC(O)CO. The predicted octanol–water partition coefficient (Wildman–Crippen LogP) is 1.80. The van der Waals surface area contributed by atoms with E-state index in [1.54, 1.807) is 12.2 Å². The Balaban J connectivity index is 3.77. The normalized spacial score (nSPS) is 11.6. The van der Waals surface area contributed by atoms with Crippen molar-refractivity contribution in [3.05, 3.63) is 24.3 Å². The van der Waals surface area contributed by atoms with Crippen molar-refractivity contribution >= 4 is 0 Å². The third-order valence-electron chi connectivity index (χ3n) is 2.88. The summed E-state index contributed by atoms with van der Waals surface area (Å²) < 4.78 is 0. The molecule has 0 heterocycles. The van der Waals surface area contributed by atoms with Crippen molar-refractivity contribution in [3.8, 4) is 59.7 Å². The highest BCUT2D eigenvalue weighted by Gasteiger charge is 1.96. The first-order valence-electron chi connectivity index (χ1n) is 8.42. The van der Waals surface area contributed by atoms with Gasteiger partial charge >= 0.3 is 0 Å². The molecule has 0 aromatic carbocycles. The molecule has 26 heavy (non-hydrogen) atoms. The molecule has 0 aliphatic rings. The first kappa shape index (κ1) is 23.2. The van der Waals surface area contributed by atoms with E-state index >= 15 is 0 Å². The van der Waals surface area contributed by atoms with Gasteiger partial charge in [-0.1, -0.05) is 35.7 Å². The maximum atomic E-state index is 9.53. The van der Waals surface area contributed by atoms with Crippen molar-refractivity contribution < 1.29 is 15.3 Å². The number of rotatable bonds is 8. The van der Waals surface area contributed by atoms with Crippen molar-refractivity contribution in [2.24, 2.45) is 0 Å². The minimum absolute atomic E-state index is 0.381. The third-order valence-corrected chi connectivity index (χ3v) is 2.88. The first-order valence-corrected chi connectivity index (χ1v) is 8.42. The molecule has 3 nitrogen and oxygen atoms in total. The molecular weight excluding hydrogens is 324 g/mol. The summed E-state index contributed by atoms with van der Waals surface area (Å²) >= 11 is 0. The lowest BCUT2D eigenvalue weighted by Crippen LogP contribution is -2.07. The van der Waals surface area contributed by atoms with E-state index in [-0.39, 0.29) is 6.61 Å². The molecule has 0 aromatic rings. The van der Waals surface area contributed by atoms with Gasteiger partial charge in [-0.15, -0.1) is 6.42 Å². The summed E-state index contributed by atoms with van der Waals surface area (Å²) in [6.07, 6.45) is 15.0. The van der Waals surface area contributed by atoms with E-state index in [1.807, 2.05) is 6.08 Å². The number of terminal acetylenes is 1. The van der Waals surface area contributed by atoms with E-state index in [0.29, 0.717) is 19.3 Å². The van der Waals surface area contributed by atoms with Crippen LogP contribution in [0.4, 0.5) is 0 Å². The molecule has 3 N–H and O–H groups in total. The number of unbranched alkanes of at least 4 members (excludes halogenated alkanes) is 3. The average Bonchev–Trinajstić information content (AvgIpc) is 2.65. The monoisotopic (exact) mass is 348 g/mol. The van der Waals surface area contributed by atoms with Crippen LogP contribution in [-0.4, -0.2) is 34.1 Å². The van der Waals surface area contributed by atoms with Crippen LogP contribution in [0.2, 0.25) is 0 Å². The maximum Gasteiger partial charge on any atom is 0.138 e. The highest BCUT2D eigenvalue weighted by molar-refractivity contribution is 5.31. The number of hydrogen-bond acceptors (Lipinski definition) is 3. The summed E-state index contributed by atoms with van der Waals surface area (Å²) in [7, 11) is 0. The number of hydrogen-bond donors (Lipinski definition) is 3. The van der Waals surface area contributed by atoms with E-state index in [1.165, 1.54) is 6.08 Å². The van der Waals surface area contributed by atoms with E-state index < -0.39 is 12.2 Å². The molecule has 0 radical (unpaired) electrons. The zero-order chi connectivity index (χ0) is 19.3. The van der Waals surface area contributed by atoms with E-state index in [2.05, 4.69) is 53.3 Å². The molecule has 0 fully saturated rings. The molecule has 134 valence electrons. The second-order valence-electron chi connectivity index (χ2n) is 5.12. The fourth-order valence-electron chi connectivity index (χ4n) is 1.57. The first-order chi connectivity index (χ1) is 12.7. The van der Waals surface area contributed by atoms with Crippen LogP contribution in [0.15, 0.2) is 24.3 Å². The number of aliphatic hydroxyl groups excluding tert-OH is 3. The van der Waals surface area contributed by atoms with Crippen LogP contribution in [0.1, 0.15) is 38.5 Å². The Morgan fingerprint density at radius 3 is 2.35 bits per heavy atom. The van der Waals surface area contributed by atoms with Crippen LogP contribution >= 0.6 is 0 Å². The molecule has 0 rings (SSSR count). The minimum Gasteiger partial charge on any atom is -0.393 e. The van der Waals surface area contributed by atoms with E-state index in [4.69, 9.17) is 16.6 Å². The van der Waals surface area contributed by atoms with Crippen LogP contribution in [0.25, 0.3) is 0 Å². The molecule has 0 saturated heterocycles. The second-order valence-corrected chi connectivity index (χ2v) is 5.12. The number of aliphatic hydroxyl groups is 3. The fourth-order valence-corrected chi connectivity index (χ4v) is 1.57. The summed E-state index contributed by atoms with van der Waals surface area (Å²) in [6, 6.07) is 0. The minimum atomic E-state index is -1.02. The Hall–Kier alpha value is -2.84. The van der Waals surface area contributed by atoms with Crippen molar-refractivity contribution in [1.82, 2.24) is 0 Å². The quantitative estimate of drug-likeness (QED) is 0.463. The Labute approximate surface area is 157 Å². The van der Waals surface area contributed by atoms with Gasteiger partial charge in [0.25, 0.3) is 0 Å². The molecule has 2 atom stereocenters. The van der Waals surface area contributed by atoms with Gasteiger partial charge in [0.05, 0.1) is 12.7 Å². The zero-order valence-electron chi connectivity index (χ0n) is 14.8. The molecule has 0 bridgehead atoms. The molecule has 3 heteroatoms. The van der Waals surface area contributed by atoms with Gasteiger partial charge in [0.2, 0.25) is 0 Å². The van der Waals surface area contributed by atoms with Crippen molar-refractivity contribution in [2.75, 3.05) is 6.61 Å². The molecule has 0 amide bonds. The van der Waals surface area contributed by atoms with Crippen LogP contribution in [0, 0.1) is 59.7 Å². The maximum absolute atomic E-state index is 9.53. The fraction of sp³-hybridized carbons (Fsp3) is 0.391. The Morgan fingerprint density at radius 2 is 1.65 bits per heavy atom. The predicted molar refractivity (Wildman–Crippen MR) is 105 cm³/mol. The van der Waals surface area contributed by atoms with E-state index in [9.17, 15) is 5.11 Å². The van der Waals surface area contributed by atoms with Gasteiger partial charge < -0.3 is 15.3 Å². The van der Waals surface area contributed by atoms with Crippen LogP contribution in [0.5, 0.6) is 0 Å². The molecule has 0 aliphatic carbocycles. The van der Waals surface area contributed by atoms with E-state index in [0.717, 1.165) is 19.3 Å². The average molecular weight is 348 g/mol. The highest BCUT2D eigenvalue weighted by Crippen LogP contribution is 2.02. The molecule has 0 spiro atoms. The highest BCUT2D eigenvalue weighted by atomic mass is 16.3. The third kappa shape index (κ3) is 17.5. The van der Waals surface area contributed by atoms with Crippen molar-refractivity contribution in [1.29, 1.82) is 0 Å². The lowest BCUT2D eigenvalue weighted by Gasteiger charge is -2.01. The van der Waals surface area contributed by atoms with Gasteiger partial charge in [0.15, 0.2) is 0 Å². The Bertz CT molecular complexity index is 722. The lowest BCUT2D eigenvalue weighted by molar-refractivity contribution is 0.138. The Morgan fingerprint density at radius 1 is 0.923 bits per heavy atom. The molecular formula is C23H24O3. The van der Waals surface area contributed by atoms with Gasteiger partial charge in [-0.2, -0.15) is 0 Å². The van der Waals surface area contributed by atoms with Gasteiger partial charge in [0, 0.05) is 12.8 Å². The van der Waals surface area contributed by atoms with Gasteiger partial charge in [-0.05, 0) is 67.6 Å². The number of allylic oxidation sites excluding steroid dienone is 3. The van der Waals surface area contributed by atoms with Gasteiger partial charge in [-0.3, -0.25) is 0 Å². The molecule has 0 aliphatic heterocycles. The second kappa shape index (κ2) is 18.5. The van der Waals surface area contributed by atoms with Crippen molar-refractivity contribution in [2.45, 2.75) is 50.7 Å². The summed E-state index contributed by atoms with van der Waals surface area (Å²) in [5.74, 6) is 24.0. The van der Waals surface area contributed by atoms with Crippen molar-refractivity contribution in [3.63, 3.8) is 0 Å². The summed E-state index contributed by atoms with van der Waals surface area (Å²) in [6.45, 7) is -0.381. The smallest absolute Gasteiger partial charge is 0.138 e. The standard InChI is InChI=1S/C23H24O3/c1-2-3-18-22(25)19-16-14-12-10-8-6-4-5-7-9-11-13-15-17-20-23(26)21-24/h1,3,10,12,18,22-26H,7,9,11,14,16,19,21H2/b12-10-,18-3+. The largest absolute Gasteiger partial charge is 0.393 e. The zero-order valence-corrected chi connectivity index (χ0v) is 14.8. The van der Waals surface area contributed by atoms with Gasteiger partial charge in [-0.25, -0.2) is 0 Å². The topological polar surface area (TPSA) is 60.7 Å². The Kier molecular flexibility index (Phi) is 16.5. The van der Waals surface area contributed by atoms with Gasteiger partial charge in [0.1, 0.15) is 6.10 Å². The van der Waals surface area contributed by atoms with Crippen LogP contribution in [0.3, 0.4) is 0 Å². The summed E-state index contributed by atoms with van der Waals surface area (Å²) in [5, 5.41) is 27.0. The van der Waals surface area contributed by atoms with Crippen LogP contribution < -0.4 is 0 Å². The lowest BCUT2D eigenvalue weighted by atomic mass is 10.1. The summed E-state index contributed by atoms with van der Waals surface area (Å²) in [4.78, 5) is 0. The molecule has 2 unspecified atom stereocenters. The summed E-state index contributed by atoms with van der Waals surface area (Å²) in [5.41, 5.74) is 0.